The maximum absolute atomic E-state index is 5.21. The number of para-hydroxylation sites is 2. The zero-order valence-corrected chi connectivity index (χ0v) is 25.8. The van der Waals surface area contributed by atoms with Crippen molar-refractivity contribution in [2.45, 2.75) is 0 Å². The van der Waals surface area contributed by atoms with Gasteiger partial charge in [0.05, 0.1) is 22.1 Å². The Labute approximate surface area is 276 Å². The van der Waals surface area contributed by atoms with Gasteiger partial charge in [-0.1, -0.05) is 140 Å². The van der Waals surface area contributed by atoms with Crippen LogP contribution in [0, 0.1) is 0 Å². The van der Waals surface area contributed by atoms with E-state index in [1.165, 1.54) is 21.7 Å². The second kappa shape index (κ2) is 10.5. The number of hydrogen-bond acceptors (Lipinski definition) is 3. The fourth-order valence-corrected chi connectivity index (χ4v) is 7.27. The van der Waals surface area contributed by atoms with E-state index < -0.39 is 0 Å². The molecule has 0 saturated carbocycles. The van der Waals surface area contributed by atoms with Crippen molar-refractivity contribution in [3.8, 4) is 34.4 Å². The number of aromatic nitrogens is 5. The van der Waals surface area contributed by atoms with Crippen LogP contribution in [0.1, 0.15) is 0 Å². The molecule has 0 aliphatic carbocycles. The Morgan fingerprint density at radius 1 is 0.354 bits per heavy atom. The average molecular weight is 614 g/mol. The average Bonchev–Trinajstić information content (AvgIpc) is 3.69. The van der Waals surface area contributed by atoms with Gasteiger partial charge in [-0.05, 0) is 29.7 Å². The second-order valence-corrected chi connectivity index (χ2v) is 12.1. The Balaban J connectivity index is 1.41. The van der Waals surface area contributed by atoms with Crippen molar-refractivity contribution in [3.63, 3.8) is 0 Å². The van der Waals surface area contributed by atoms with Crippen LogP contribution in [0.25, 0.3) is 88.8 Å². The summed E-state index contributed by atoms with van der Waals surface area (Å²) in [6.45, 7) is 0. The molecule has 0 N–H and O–H groups in total. The van der Waals surface area contributed by atoms with E-state index in [0.29, 0.717) is 17.6 Å². The van der Waals surface area contributed by atoms with Crippen molar-refractivity contribution in [1.29, 1.82) is 0 Å². The van der Waals surface area contributed by atoms with E-state index in [0.717, 1.165) is 49.5 Å². The van der Waals surface area contributed by atoms with Gasteiger partial charge in [-0.25, -0.2) is 4.98 Å². The first-order chi connectivity index (χ1) is 23.8. The van der Waals surface area contributed by atoms with Crippen LogP contribution in [0.3, 0.4) is 0 Å². The summed E-state index contributed by atoms with van der Waals surface area (Å²) in [5.74, 6) is 1.85. The summed E-state index contributed by atoms with van der Waals surface area (Å²) in [4.78, 5) is 15.4. The van der Waals surface area contributed by atoms with Crippen molar-refractivity contribution in [2.24, 2.45) is 0 Å². The molecule has 3 heterocycles. The van der Waals surface area contributed by atoms with Crippen LogP contribution in [0.15, 0.2) is 164 Å². The first-order valence-corrected chi connectivity index (χ1v) is 16.1. The van der Waals surface area contributed by atoms with Crippen LogP contribution >= 0.6 is 0 Å². The van der Waals surface area contributed by atoms with Crippen molar-refractivity contribution < 1.29 is 0 Å². The number of nitrogens with zero attached hydrogens (tertiary/aromatic N) is 5. The van der Waals surface area contributed by atoms with E-state index in [2.05, 4.69) is 137 Å². The number of benzene rings is 7. The van der Waals surface area contributed by atoms with Crippen LogP contribution in [0.5, 0.6) is 0 Å². The van der Waals surface area contributed by atoms with Gasteiger partial charge in [0, 0.05) is 43.7 Å². The molecule has 0 saturated heterocycles. The predicted octanol–water partition coefficient (Wildman–Crippen LogP) is 10.6. The maximum Gasteiger partial charge on any atom is 0.238 e. The summed E-state index contributed by atoms with van der Waals surface area (Å²) in [7, 11) is 0. The highest BCUT2D eigenvalue weighted by Gasteiger charge is 2.23. The molecule has 0 aliphatic rings. The van der Waals surface area contributed by atoms with Gasteiger partial charge in [0.25, 0.3) is 0 Å². The van der Waals surface area contributed by atoms with Crippen LogP contribution in [0.2, 0.25) is 0 Å². The first-order valence-electron chi connectivity index (χ1n) is 16.1. The third kappa shape index (κ3) is 3.94. The quantitative estimate of drug-likeness (QED) is 0.198. The van der Waals surface area contributed by atoms with Gasteiger partial charge < -0.3 is 4.57 Å². The van der Waals surface area contributed by atoms with E-state index in [-0.39, 0.29) is 0 Å². The Morgan fingerprint density at radius 2 is 0.938 bits per heavy atom. The lowest BCUT2D eigenvalue weighted by molar-refractivity contribution is 0.955. The summed E-state index contributed by atoms with van der Waals surface area (Å²) >= 11 is 0. The molecule has 0 spiro atoms. The Kier molecular flexibility index (Phi) is 5.81. The molecule has 10 rings (SSSR count). The van der Waals surface area contributed by atoms with Crippen molar-refractivity contribution in [2.75, 3.05) is 0 Å². The van der Waals surface area contributed by atoms with E-state index in [9.17, 15) is 0 Å². The van der Waals surface area contributed by atoms with Gasteiger partial charge in [-0.3, -0.25) is 4.57 Å². The zero-order chi connectivity index (χ0) is 31.6. The maximum atomic E-state index is 5.21. The minimum atomic E-state index is 0.586. The normalized spacial score (nSPS) is 11.8. The summed E-state index contributed by atoms with van der Waals surface area (Å²) < 4.78 is 4.66. The van der Waals surface area contributed by atoms with E-state index in [4.69, 9.17) is 15.0 Å². The molecule has 5 heteroatoms. The van der Waals surface area contributed by atoms with Crippen molar-refractivity contribution in [1.82, 2.24) is 24.1 Å². The van der Waals surface area contributed by atoms with Crippen molar-refractivity contribution >= 4 is 54.4 Å². The van der Waals surface area contributed by atoms with Crippen LogP contribution in [-0.4, -0.2) is 24.1 Å². The number of rotatable bonds is 4. The molecule has 0 unspecified atom stereocenters. The van der Waals surface area contributed by atoms with Gasteiger partial charge in [-0.2, -0.15) is 9.97 Å². The highest BCUT2D eigenvalue weighted by atomic mass is 15.2. The standard InChI is InChI=1S/C43H27N5/c1-4-15-29(16-5-1)41-44-42(30-17-6-2-7-18-30)46-43(45-41)48-36-23-13-12-22-33(36)34-26-27-37-38(40(34)48)35-25-24-28-14-10-11-21-32(28)39(35)47(37)31-19-8-3-9-20-31/h1-27H. The van der Waals surface area contributed by atoms with Crippen LogP contribution in [-0.2, 0) is 0 Å². The van der Waals surface area contributed by atoms with Crippen LogP contribution in [0.4, 0.5) is 0 Å². The van der Waals surface area contributed by atoms with Gasteiger partial charge in [-0.15, -0.1) is 0 Å². The van der Waals surface area contributed by atoms with E-state index in [1.54, 1.807) is 0 Å². The molecule has 0 fully saturated rings. The Morgan fingerprint density at radius 3 is 1.65 bits per heavy atom. The number of hydrogen-bond donors (Lipinski definition) is 0. The minimum Gasteiger partial charge on any atom is -0.309 e. The fourth-order valence-electron chi connectivity index (χ4n) is 7.27. The Hall–Kier alpha value is -6.59. The van der Waals surface area contributed by atoms with Gasteiger partial charge in [0.2, 0.25) is 5.95 Å². The molecule has 0 radical (unpaired) electrons. The molecule has 0 aliphatic heterocycles. The fraction of sp³-hybridized carbons (Fsp3) is 0. The topological polar surface area (TPSA) is 48.5 Å². The lowest BCUT2D eigenvalue weighted by Crippen LogP contribution is -2.06. The van der Waals surface area contributed by atoms with E-state index in [1.807, 2.05) is 36.4 Å². The molecule has 0 bridgehead atoms. The Bertz CT molecular complexity index is 2760. The molecule has 48 heavy (non-hydrogen) atoms. The smallest absolute Gasteiger partial charge is 0.238 e. The third-order valence-electron chi connectivity index (χ3n) is 9.35. The summed E-state index contributed by atoms with van der Waals surface area (Å²) in [6.07, 6.45) is 0. The molecule has 0 atom stereocenters. The highest BCUT2D eigenvalue weighted by Crippen LogP contribution is 2.43. The first kappa shape index (κ1) is 26.6. The summed E-state index contributed by atoms with van der Waals surface area (Å²) in [5, 5.41) is 7.07. The molecule has 7 aromatic carbocycles. The third-order valence-corrected chi connectivity index (χ3v) is 9.35. The molecule has 224 valence electrons. The SMILES string of the molecule is c1ccc(-c2nc(-c3ccccc3)nc(-n3c4ccccc4c4ccc5c(c6ccc7ccccc7c6n5-c5ccccc5)c43)n2)cc1. The van der Waals surface area contributed by atoms with Crippen molar-refractivity contribution in [3.05, 3.63) is 164 Å². The number of fused-ring (bicyclic) bond motifs is 9. The lowest BCUT2D eigenvalue weighted by Gasteiger charge is -2.11. The van der Waals surface area contributed by atoms with Gasteiger partial charge in [0.1, 0.15) is 0 Å². The highest BCUT2D eigenvalue weighted by molar-refractivity contribution is 6.29. The van der Waals surface area contributed by atoms with Gasteiger partial charge >= 0.3 is 0 Å². The molecule has 3 aromatic heterocycles. The predicted molar refractivity (Wildman–Crippen MR) is 197 cm³/mol. The minimum absolute atomic E-state index is 0.586. The summed E-state index contributed by atoms with van der Waals surface area (Å²) in [5.41, 5.74) is 7.44. The summed E-state index contributed by atoms with van der Waals surface area (Å²) in [6, 6.07) is 57.2. The second-order valence-electron chi connectivity index (χ2n) is 12.1. The molecule has 0 amide bonds. The molecular weight excluding hydrogens is 587 g/mol. The molecule has 10 aromatic rings. The molecule has 5 nitrogen and oxygen atoms in total. The monoisotopic (exact) mass is 613 g/mol. The van der Waals surface area contributed by atoms with Gasteiger partial charge in [0.15, 0.2) is 11.6 Å². The zero-order valence-electron chi connectivity index (χ0n) is 25.8. The van der Waals surface area contributed by atoms with Crippen LogP contribution < -0.4 is 0 Å². The van der Waals surface area contributed by atoms with E-state index >= 15 is 0 Å². The largest absolute Gasteiger partial charge is 0.309 e. The molecular formula is C43H27N5. The lowest BCUT2D eigenvalue weighted by atomic mass is 10.0.